The Labute approximate surface area is 136 Å². The van der Waals surface area contributed by atoms with E-state index in [1.165, 1.54) is 32.1 Å². The van der Waals surface area contributed by atoms with Crippen molar-refractivity contribution in [3.05, 3.63) is 0 Å². The van der Waals surface area contributed by atoms with Crippen molar-refractivity contribution in [2.45, 2.75) is 78.1 Å². The zero-order valence-corrected chi connectivity index (χ0v) is 14.7. The molecule has 0 bridgehead atoms. The van der Waals surface area contributed by atoms with Crippen LogP contribution in [0.1, 0.15) is 78.1 Å². The lowest BCUT2D eigenvalue weighted by atomic mass is 10.2. The summed E-state index contributed by atoms with van der Waals surface area (Å²) in [5, 5.41) is 0. The first kappa shape index (κ1) is 21.4. The molecule has 0 aliphatic carbocycles. The van der Waals surface area contributed by atoms with Gasteiger partial charge in [0.25, 0.3) is 0 Å². The smallest absolute Gasteiger partial charge is 0.305 e. The summed E-state index contributed by atoms with van der Waals surface area (Å²) in [6, 6.07) is 0. The fraction of sp³-hybridized carbons (Fsp3) is 0.944. The topological polar surface area (TPSA) is 44.8 Å². The van der Waals surface area contributed by atoms with Crippen LogP contribution in [0.5, 0.6) is 0 Å². The highest BCUT2D eigenvalue weighted by Crippen LogP contribution is 2.01. The maximum absolute atomic E-state index is 11.4. The summed E-state index contributed by atoms with van der Waals surface area (Å²) < 4.78 is 16.1. The zero-order valence-electron chi connectivity index (χ0n) is 14.7. The van der Waals surface area contributed by atoms with E-state index < -0.39 is 0 Å². The SMILES string of the molecule is CCCCCCOCCOCCCC(=O)OCCCCCC. The molecule has 0 saturated carbocycles. The highest BCUT2D eigenvalue weighted by molar-refractivity contribution is 5.69. The second-order valence-corrected chi connectivity index (χ2v) is 5.67. The molecule has 132 valence electrons. The maximum Gasteiger partial charge on any atom is 0.305 e. The van der Waals surface area contributed by atoms with E-state index in [4.69, 9.17) is 14.2 Å². The minimum Gasteiger partial charge on any atom is -0.466 e. The number of esters is 1. The zero-order chi connectivity index (χ0) is 16.3. The average Bonchev–Trinajstić information content (AvgIpc) is 2.52. The largest absolute Gasteiger partial charge is 0.466 e. The van der Waals surface area contributed by atoms with Crippen LogP contribution in [0.2, 0.25) is 0 Å². The monoisotopic (exact) mass is 316 g/mol. The summed E-state index contributed by atoms with van der Waals surface area (Å²) in [6.07, 6.45) is 10.6. The Morgan fingerprint density at radius 2 is 1.18 bits per heavy atom. The maximum atomic E-state index is 11.4. The van der Waals surface area contributed by atoms with Gasteiger partial charge in [-0.1, -0.05) is 52.4 Å². The van der Waals surface area contributed by atoms with Crippen LogP contribution in [-0.4, -0.2) is 39.0 Å². The van der Waals surface area contributed by atoms with E-state index in [2.05, 4.69) is 13.8 Å². The Kier molecular flexibility index (Phi) is 17.9. The molecule has 0 fully saturated rings. The molecule has 22 heavy (non-hydrogen) atoms. The highest BCUT2D eigenvalue weighted by Gasteiger charge is 2.02. The number of unbranched alkanes of at least 4 members (excludes halogenated alkanes) is 6. The van der Waals surface area contributed by atoms with Crippen molar-refractivity contribution < 1.29 is 19.0 Å². The molecule has 0 N–H and O–H groups in total. The number of carbonyl (C=O) groups is 1. The van der Waals surface area contributed by atoms with Gasteiger partial charge < -0.3 is 14.2 Å². The van der Waals surface area contributed by atoms with Crippen molar-refractivity contribution in [3.63, 3.8) is 0 Å². The Morgan fingerprint density at radius 1 is 0.636 bits per heavy atom. The number of carbonyl (C=O) groups excluding carboxylic acids is 1. The lowest BCUT2D eigenvalue weighted by Gasteiger charge is -2.06. The molecule has 0 amide bonds. The summed E-state index contributed by atoms with van der Waals surface area (Å²) in [5.74, 6) is -0.104. The van der Waals surface area contributed by atoms with E-state index in [0.29, 0.717) is 32.8 Å². The normalized spacial score (nSPS) is 10.8. The number of hydrogen-bond donors (Lipinski definition) is 0. The minimum atomic E-state index is -0.104. The van der Waals surface area contributed by atoms with Crippen LogP contribution in [0.4, 0.5) is 0 Å². The highest BCUT2D eigenvalue weighted by atomic mass is 16.5. The van der Waals surface area contributed by atoms with Crippen molar-refractivity contribution in [1.29, 1.82) is 0 Å². The molecule has 4 heteroatoms. The molecule has 0 aromatic heterocycles. The van der Waals surface area contributed by atoms with Gasteiger partial charge in [-0.3, -0.25) is 4.79 Å². The van der Waals surface area contributed by atoms with E-state index in [0.717, 1.165) is 32.3 Å². The van der Waals surface area contributed by atoms with Gasteiger partial charge in [0.2, 0.25) is 0 Å². The van der Waals surface area contributed by atoms with Crippen LogP contribution in [-0.2, 0) is 19.0 Å². The third-order valence-electron chi connectivity index (χ3n) is 3.44. The van der Waals surface area contributed by atoms with E-state index in [1.54, 1.807) is 0 Å². The molecule has 0 aliphatic heterocycles. The van der Waals surface area contributed by atoms with Crippen LogP contribution in [0.15, 0.2) is 0 Å². The van der Waals surface area contributed by atoms with E-state index in [-0.39, 0.29) is 5.97 Å². The molecular weight excluding hydrogens is 280 g/mol. The van der Waals surface area contributed by atoms with E-state index in [9.17, 15) is 4.79 Å². The van der Waals surface area contributed by atoms with Crippen LogP contribution >= 0.6 is 0 Å². The van der Waals surface area contributed by atoms with E-state index in [1.807, 2.05) is 0 Å². The van der Waals surface area contributed by atoms with Gasteiger partial charge in [0.1, 0.15) is 0 Å². The molecule has 0 radical (unpaired) electrons. The molecule has 4 nitrogen and oxygen atoms in total. The Morgan fingerprint density at radius 3 is 1.77 bits per heavy atom. The van der Waals surface area contributed by atoms with Crippen LogP contribution < -0.4 is 0 Å². The van der Waals surface area contributed by atoms with Crippen LogP contribution in [0.3, 0.4) is 0 Å². The van der Waals surface area contributed by atoms with Gasteiger partial charge in [-0.15, -0.1) is 0 Å². The molecule has 0 unspecified atom stereocenters. The van der Waals surface area contributed by atoms with Crippen LogP contribution in [0, 0.1) is 0 Å². The Hall–Kier alpha value is -0.610. The summed E-state index contributed by atoms with van der Waals surface area (Å²) in [5.41, 5.74) is 0. The average molecular weight is 316 g/mol. The lowest BCUT2D eigenvalue weighted by Crippen LogP contribution is -2.09. The number of ether oxygens (including phenoxy) is 3. The first-order valence-corrected chi connectivity index (χ1v) is 9.12. The summed E-state index contributed by atoms with van der Waals surface area (Å²) in [6.45, 7) is 7.62. The second kappa shape index (κ2) is 18.4. The van der Waals surface area contributed by atoms with Crippen molar-refractivity contribution in [2.24, 2.45) is 0 Å². The standard InChI is InChI=1S/C18H36O4/c1-3-5-7-9-13-20-16-17-21-14-11-12-18(19)22-15-10-8-6-4-2/h3-17H2,1-2H3. The Balaban J connectivity index is 3.10. The predicted octanol–water partition coefficient (Wildman–Crippen LogP) is 4.50. The summed E-state index contributed by atoms with van der Waals surface area (Å²) >= 11 is 0. The quantitative estimate of drug-likeness (QED) is 0.293. The van der Waals surface area contributed by atoms with Gasteiger partial charge in [0.15, 0.2) is 0 Å². The molecule has 0 aromatic rings. The van der Waals surface area contributed by atoms with Crippen LogP contribution in [0.25, 0.3) is 0 Å². The molecule has 0 spiro atoms. The fourth-order valence-electron chi connectivity index (χ4n) is 2.06. The molecule has 0 rings (SSSR count). The van der Waals surface area contributed by atoms with Gasteiger partial charge in [-0.25, -0.2) is 0 Å². The first-order chi connectivity index (χ1) is 10.8. The third kappa shape index (κ3) is 17.4. The van der Waals surface area contributed by atoms with Gasteiger partial charge in [0.05, 0.1) is 19.8 Å². The summed E-state index contributed by atoms with van der Waals surface area (Å²) in [4.78, 5) is 11.4. The summed E-state index contributed by atoms with van der Waals surface area (Å²) in [7, 11) is 0. The lowest BCUT2D eigenvalue weighted by molar-refractivity contribution is -0.144. The third-order valence-corrected chi connectivity index (χ3v) is 3.44. The van der Waals surface area contributed by atoms with Crippen molar-refractivity contribution in [3.8, 4) is 0 Å². The van der Waals surface area contributed by atoms with Crippen molar-refractivity contribution in [2.75, 3.05) is 33.0 Å². The van der Waals surface area contributed by atoms with Gasteiger partial charge in [-0.05, 0) is 19.3 Å². The van der Waals surface area contributed by atoms with E-state index >= 15 is 0 Å². The second-order valence-electron chi connectivity index (χ2n) is 5.67. The predicted molar refractivity (Wildman–Crippen MR) is 90.1 cm³/mol. The first-order valence-electron chi connectivity index (χ1n) is 9.12. The van der Waals surface area contributed by atoms with Gasteiger partial charge >= 0.3 is 5.97 Å². The number of hydrogen-bond acceptors (Lipinski definition) is 4. The molecule has 0 heterocycles. The van der Waals surface area contributed by atoms with Crippen molar-refractivity contribution >= 4 is 5.97 Å². The fourth-order valence-corrected chi connectivity index (χ4v) is 2.06. The molecule has 0 atom stereocenters. The minimum absolute atomic E-state index is 0.104. The number of rotatable bonds is 17. The molecule has 0 saturated heterocycles. The van der Waals surface area contributed by atoms with Gasteiger partial charge in [0, 0.05) is 19.6 Å². The van der Waals surface area contributed by atoms with Gasteiger partial charge in [-0.2, -0.15) is 0 Å². The Bertz CT molecular complexity index is 231. The van der Waals surface area contributed by atoms with Crippen molar-refractivity contribution in [1.82, 2.24) is 0 Å². The molecule has 0 aliphatic rings. The molecule has 0 aromatic carbocycles. The molecular formula is C18H36O4.